The van der Waals surface area contributed by atoms with Gasteiger partial charge in [-0.05, 0) is 61.1 Å². The first-order chi connectivity index (χ1) is 17.5. The fraction of sp³-hybridized carbons (Fsp3) is 0.250. The highest BCUT2D eigenvalue weighted by atomic mass is 19.1. The summed E-state index contributed by atoms with van der Waals surface area (Å²) < 4.78 is 24.9. The summed E-state index contributed by atoms with van der Waals surface area (Å²) in [7, 11) is 2.16. The third-order valence-corrected chi connectivity index (χ3v) is 6.86. The van der Waals surface area contributed by atoms with E-state index in [1.54, 1.807) is 6.07 Å². The van der Waals surface area contributed by atoms with Gasteiger partial charge in [-0.1, -0.05) is 12.1 Å². The van der Waals surface area contributed by atoms with Gasteiger partial charge in [-0.15, -0.1) is 0 Å². The van der Waals surface area contributed by atoms with Crippen LogP contribution in [0.4, 0.5) is 15.8 Å². The van der Waals surface area contributed by atoms with Crippen molar-refractivity contribution in [3.8, 4) is 11.5 Å². The van der Waals surface area contributed by atoms with Crippen molar-refractivity contribution in [1.82, 2.24) is 9.80 Å². The average molecular weight is 487 g/mol. The predicted molar refractivity (Wildman–Crippen MR) is 137 cm³/mol. The maximum Gasteiger partial charge on any atom is 0.258 e. The molecule has 3 heterocycles. The minimum Gasteiger partial charge on any atom is -0.454 e. The number of anilines is 2. The minimum atomic E-state index is -0.399. The van der Waals surface area contributed by atoms with E-state index in [2.05, 4.69) is 39.6 Å². The lowest BCUT2D eigenvalue weighted by Crippen LogP contribution is -2.43. The SMILES string of the molecule is CN1CCN(Cc2ccc(NC(=C3C(=O)Nc4cc(F)ccc43)c3ccc4c(c3)OCO4)cc2)CC1. The first-order valence-electron chi connectivity index (χ1n) is 12.1. The zero-order chi connectivity index (χ0) is 24.6. The van der Waals surface area contributed by atoms with Crippen LogP contribution in [-0.4, -0.2) is 55.7 Å². The second-order valence-corrected chi connectivity index (χ2v) is 9.36. The number of carbonyl (C=O) groups excluding carboxylic acids is 1. The van der Waals surface area contributed by atoms with Crippen molar-refractivity contribution >= 4 is 28.6 Å². The summed E-state index contributed by atoms with van der Waals surface area (Å²) in [6, 6.07) is 18.2. The number of halogens is 1. The first kappa shape index (κ1) is 22.6. The number of nitrogens with one attached hydrogen (secondary N) is 2. The molecule has 7 nitrogen and oxygen atoms in total. The number of hydrogen-bond donors (Lipinski definition) is 2. The summed E-state index contributed by atoms with van der Waals surface area (Å²) in [4.78, 5) is 17.9. The van der Waals surface area contributed by atoms with Crippen molar-refractivity contribution in [2.45, 2.75) is 6.54 Å². The van der Waals surface area contributed by atoms with Crippen molar-refractivity contribution in [3.63, 3.8) is 0 Å². The van der Waals surface area contributed by atoms with Crippen molar-refractivity contribution in [2.24, 2.45) is 0 Å². The van der Waals surface area contributed by atoms with E-state index in [0.29, 0.717) is 34.0 Å². The molecular formula is C28H27FN4O3. The van der Waals surface area contributed by atoms with E-state index in [4.69, 9.17) is 9.47 Å². The molecule has 8 heteroatoms. The molecule has 0 saturated carbocycles. The molecule has 1 fully saturated rings. The smallest absolute Gasteiger partial charge is 0.258 e. The van der Waals surface area contributed by atoms with Crippen LogP contribution in [0.15, 0.2) is 60.7 Å². The molecule has 0 atom stereocenters. The number of rotatable bonds is 5. The van der Waals surface area contributed by atoms with Gasteiger partial charge in [-0.25, -0.2) is 4.39 Å². The van der Waals surface area contributed by atoms with Gasteiger partial charge >= 0.3 is 0 Å². The van der Waals surface area contributed by atoms with Crippen LogP contribution in [0.3, 0.4) is 0 Å². The maximum absolute atomic E-state index is 13.8. The van der Waals surface area contributed by atoms with Crippen molar-refractivity contribution in [3.05, 3.63) is 83.2 Å². The molecule has 1 amide bonds. The summed E-state index contributed by atoms with van der Waals surface area (Å²) in [5.74, 6) is 0.591. The van der Waals surface area contributed by atoms with E-state index in [9.17, 15) is 9.18 Å². The molecule has 3 aliphatic heterocycles. The Morgan fingerprint density at radius 2 is 1.75 bits per heavy atom. The van der Waals surface area contributed by atoms with Gasteiger partial charge in [0.1, 0.15) is 5.82 Å². The molecule has 1 saturated heterocycles. The van der Waals surface area contributed by atoms with Gasteiger partial charge in [0, 0.05) is 49.5 Å². The Labute approximate surface area is 209 Å². The monoisotopic (exact) mass is 486 g/mol. The molecule has 0 unspecified atom stereocenters. The molecular weight excluding hydrogens is 459 g/mol. The zero-order valence-electron chi connectivity index (χ0n) is 20.0. The largest absolute Gasteiger partial charge is 0.454 e. The van der Waals surface area contributed by atoms with Gasteiger partial charge in [-0.3, -0.25) is 9.69 Å². The second-order valence-electron chi connectivity index (χ2n) is 9.36. The normalized spacial score (nSPS) is 18.7. The van der Waals surface area contributed by atoms with Crippen LogP contribution in [0.5, 0.6) is 11.5 Å². The van der Waals surface area contributed by atoms with Gasteiger partial charge in [-0.2, -0.15) is 0 Å². The highest BCUT2D eigenvalue weighted by molar-refractivity contribution is 6.37. The maximum atomic E-state index is 13.8. The number of carbonyl (C=O) groups is 1. The molecule has 0 spiro atoms. The minimum absolute atomic E-state index is 0.162. The van der Waals surface area contributed by atoms with Crippen LogP contribution in [0.2, 0.25) is 0 Å². The standard InChI is InChI=1S/C28H27FN4O3/c1-32-10-12-33(13-11-32)16-18-2-6-21(7-3-18)30-27(19-4-9-24-25(14-19)36-17-35-24)26-22-8-5-20(29)15-23(22)31-28(26)34/h2-9,14-15,30H,10-13,16-17H2,1H3,(H,31,34). The molecule has 36 heavy (non-hydrogen) atoms. The average Bonchev–Trinajstić information content (AvgIpc) is 3.47. The molecule has 6 rings (SSSR count). The summed E-state index contributed by atoms with van der Waals surface area (Å²) in [5, 5.41) is 6.25. The molecule has 3 aliphatic rings. The van der Waals surface area contributed by atoms with Crippen molar-refractivity contribution < 1.29 is 18.7 Å². The Kier molecular flexibility index (Phi) is 5.83. The fourth-order valence-corrected chi connectivity index (χ4v) is 4.83. The van der Waals surface area contributed by atoms with Crippen LogP contribution in [0.1, 0.15) is 16.7 Å². The molecule has 3 aromatic carbocycles. The lowest BCUT2D eigenvalue weighted by Gasteiger charge is -2.32. The van der Waals surface area contributed by atoms with Crippen LogP contribution in [0, 0.1) is 5.82 Å². The van der Waals surface area contributed by atoms with E-state index in [1.807, 2.05) is 30.3 Å². The summed E-state index contributed by atoms with van der Waals surface area (Å²) >= 11 is 0. The number of piperazine rings is 1. The highest BCUT2D eigenvalue weighted by Gasteiger charge is 2.29. The number of likely N-dealkylation sites (N-methyl/N-ethyl adjacent to an activating group) is 1. The number of nitrogens with zero attached hydrogens (tertiary/aromatic N) is 2. The van der Waals surface area contributed by atoms with E-state index in [0.717, 1.165) is 44.0 Å². The third kappa shape index (κ3) is 4.41. The molecule has 0 bridgehead atoms. The second kappa shape index (κ2) is 9.29. The summed E-state index contributed by atoms with van der Waals surface area (Å²) in [5.41, 5.74) is 5.02. The van der Waals surface area contributed by atoms with E-state index >= 15 is 0 Å². The molecule has 0 aromatic heterocycles. The Balaban J connectivity index is 1.33. The molecule has 0 aliphatic carbocycles. The molecule has 2 N–H and O–H groups in total. The van der Waals surface area contributed by atoms with E-state index in [1.165, 1.54) is 17.7 Å². The Morgan fingerprint density at radius 3 is 2.56 bits per heavy atom. The Morgan fingerprint density at radius 1 is 0.972 bits per heavy atom. The van der Waals surface area contributed by atoms with Crippen LogP contribution < -0.4 is 20.1 Å². The lowest BCUT2D eigenvalue weighted by atomic mass is 9.99. The van der Waals surface area contributed by atoms with Gasteiger partial charge in [0.2, 0.25) is 6.79 Å². The van der Waals surface area contributed by atoms with Crippen molar-refractivity contribution in [1.29, 1.82) is 0 Å². The third-order valence-electron chi connectivity index (χ3n) is 6.86. The van der Waals surface area contributed by atoms with Gasteiger partial charge < -0.3 is 25.0 Å². The lowest BCUT2D eigenvalue weighted by molar-refractivity contribution is -0.110. The first-order valence-corrected chi connectivity index (χ1v) is 12.1. The Bertz CT molecular complexity index is 1350. The number of amides is 1. The van der Waals surface area contributed by atoms with Gasteiger partial charge in [0.15, 0.2) is 11.5 Å². The molecule has 184 valence electrons. The Hall–Kier alpha value is -3.88. The van der Waals surface area contributed by atoms with Crippen LogP contribution in [0.25, 0.3) is 11.3 Å². The summed E-state index contributed by atoms with van der Waals surface area (Å²) in [6.07, 6.45) is 0. The number of benzene rings is 3. The van der Waals surface area contributed by atoms with Gasteiger partial charge in [0.05, 0.1) is 17.0 Å². The van der Waals surface area contributed by atoms with Gasteiger partial charge in [0.25, 0.3) is 5.91 Å². The summed E-state index contributed by atoms with van der Waals surface area (Å²) in [6.45, 7) is 5.36. The molecule has 3 aromatic rings. The van der Waals surface area contributed by atoms with Crippen LogP contribution >= 0.6 is 0 Å². The quantitative estimate of drug-likeness (QED) is 0.526. The fourth-order valence-electron chi connectivity index (χ4n) is 4.83. The molecule has 0 radical (unpaired) electrons. The van der Waals surface area contributed by atoms with E-state index in [-0.39, 0.29) is 12.7 Å². The number of ether oxygens (including phenoxy) is 2. The highest BCUT2D eigenvalue weighted by Crippen LogP contribution is 2.40. The van der Waals surface area contributed by atoms with E-state index < -0.39 is 5.82 Å². The zero-order valence-corrected chi connectivity index (χ0v) is 20.0. The topological polar surface area (TPSA) is 66.1 Å². The van der Waals surface area contributed by atoms with Crippen LogP contribution in [-0.2, 0) is 11.3 Å². The predicted octanol–water partition coefficient (Wildman–Crippen LogP) is 4.23. The number of fused-ring (bicyclic) bond motifs is 2. The van der Waals surface area contributed by atoms with Crippen molar-refractivity contribution in [2.75, 3.05) is 50.7 Å². The number of hydrogen-bond acceptors (Lipinski definition) is 6.